The van der Waals surface area contributed by atoms with E-state index in [0.29, 0.717) is 0 Å². The Balaban J connectivity index is 0.000000165. The van der Waals surface area contributed by atoms with Crippen molar-refractivity contribution in [1.82, 2.24) is 0 Å². The van der Waals surface area contributed by atoms with Crippen molar-refractivity contribution in [2.45, 2.75) is 78.4 Å². The predicted octanol–water partition coefficient (Wildman–Crippen LogP) is 11.7. The second-order valence-corrected chi connectivity index (χ2v) is 21.1. The molecular weight excluding hydrogens is 624 g/mol. The van der Waals surface area contributed by atoms with Crippen LogP contribution >= 0.6 is 0 Å². The molecule has 0 saturated heterocycles. The van der Waals surface area contributed by atoms with Gasteiger partial charge in [0.25, 0.3) is 0 Å². The molecule has 1 aliphatic carbocycles. The van der Waals surface area contributed by atoms with E-state index in [1.54, 1.807) is 5.20 Å². The third-order valence-electron chi connectivity index (χ3n) is 8.12. The van der Waals surface area contributed by atoms with Crippen molar-refractivity contribution in [3.63, 3.8) is 0 Å². The number of hydrogen-bond acceptors (Lipinski definition) is 0. The molecule has 6 rings (SSSR count). The van der Waals surface area contributed by atoms with Gasteiger partial charge in [0.15, 0.2) is 0 Å². The molecule has 2 heteroatoms. The Labute approximate surface area is 282 Å². The number of rotatable bonds is 3. The molecule has 0 N–H and O–H groups in total. The SMILES string of the molecule is CC(C)(C)c1ccc2c(c1)[cH-]c1cc(C(C)(C)C)ccc12.C[Si](C)(C)C1=CC[C-]=C1.[Zr+2]=[C](c1ccccc1)c1ccccc1. The summed E-state index contributed by atoms with van der Waals surface area (Å²) in [5.41, 5.74) is 5.87. The van der Waals surface area contributed by atoms with E-state index in [2.05, 4.69) is 183 Å². The molecule has 5 aromatic rings. The third-order valence-corrected chi connectivity index (χ3v) is 11.6. The molecule has 224 valence electrons. The van der Waals surface area contributed by atoms with E-state index in [4.69, 9.17) is 0 Å². The van der Waals surface area contributed by atoms with Crippen molar-refractivity contribution in [3.8, 4) is 0 Å². The summed E-state index contributed by atoms with van der Waals surface area (Å²) in [7, 11) is -0.981. The molecule has 0 heterocycles. The summed E-state index contributed by atoms with van der Waals surface area (Å²) in [6.45, 7) is 20.7. The summed E-state index contributed by atoms with van der Waals surface area (Å²) < 4.78 is 1.42. The van der Waals surface area contributed by atoms with Crippen LogP contribution in [0.2, 0.25) is 19.6 Å². The first kappa shape index (κ1) is 34.1. The van der Waals surface area contributed by atoms with Gasteiger partial charge in [-0.25, -0.2) is 11.3 Å². The Kier molecular flexibility index (Phi) is 10.9. The fraction of sp³-hybridized carbons (Fsp3) is 0.286. The van der Waals surface area contributed by atoms with Crippen LogP contribution in [0.4, 0.5) is 0 Å². The normalized spacial score (nSPS) is 13.2. The Morgan fingerprint density at radius 2 is 1.09 bits per heavy atom. The van der Waals surface area contributed by atoms with E-state index in [1.807, 2.05) is 0 Å². The monoisotopic (exact) mass is 670 g/mol. The zero-order chi connectivity index (χ0) is 32.1. The van der Waals surface area contributed by atoms with Gasteiger partial charge in [0, 0.05) is 0 Å². The van der Waals surface area contributed by atoms with Crippen molar-refractivity contribution in [3.05, 3.63) is 149 Å². The summed E-state index contributed by atoms with van der Waals surface area (Å²) >= 11 is 1.46. The van der Waals surface area contributed by atoms with Gasteiger partial charge in [-0.3, -0.25) is 6.08 Å². The first-order valence-electron chi connectivity index (χ1n) is 15.8. The fourth-order valence-electron chi connectivity index (χ4n) is 5.25. The molecule has 0 nitrogen and oxygen atoms in total. The molecule has 0 bridgehead atoms. The molecule has 0 amide bonds. The van der Waals surface area contributed by atoms with Gasteiger partial charge in [0.2, 0.25) is 0 Å². The number of hydrogen-bond donors (Lipinski definition) is 0. The van der Waals surface area contributed by atoms with Gasteiger partial charge in [-0.15, -0.1) is 46.2 Å². The van der Waals surface area contributed by atoms with Gasteiger partial charge in [-0.05, 0) is 18.9 Å². The van der Waals surface area contributed by atoms with Gasteiger partial charge in [0.1, 0.15) is 0 Å². The molecule has 0 aliphatic heterocycles. The quantitative estimate of drug-likeness (QED) is 0.132. The van der Waals surface area contributed by atoms with Crippen LogP contribution in [0.3, 0.4) is 0 Å². The summed E-state index contributed by atoms with van der Waals surface area (Å²) in [6, 6.07) is 37.3. The van der Waals surface area contributed by atoms with Crippen molar-refractivity contribution < 1.29 is 24.2 Å². The molecule has 0 fully saturated rings. The van der Waals surface area contributed by atoms with Crippen molar-refractivity contribution in [2.24, 2.45) is 0 Å². The Bertz CT molecular complexity index is 1650. The van der Waals surface area contributed by atoms with Gasteiger partial charge >= 0.3 is 99.2 Å². The zero-order valence-electron chi connectivity index (χ0n) is 28.2. The molecule has 0 aromatic heterocycles. The maximum atomic E-state index is 3.20. The zero-order valence-corrected chi connectivity index (χ0v) is 31.6. The number of fused-ring (bicyclic) bond motifs is 3. The molecule has 1 aliphatic rings. The van der Waals surface area contributed by atoms with Crippen LogP contribution in [0, 0.1) is 6.08 Å². The van der Waals surface area contributed by atoms with E-state index >= 15 is 0 Å². The average Bonchev–Trinajstić information content (AvgIpc) is 3.66. The van der Waals surface area contributed by atoms with E-state index in [-0.39, 0.29) is 10.8 Å². The van der Waals surface area contributed by atoms with Crippen LogP contribution in [0.25, 0.3) is 21.5 Å². The number of allylic oxidation sites excluding steroid dienone is 4. The summed E-state index contributed by atoms with van der Waals surface area (Å²) in [5.74, 6) is 0. The first-order chi connectivity index (χ1) is 20.6. The van der Waals surface area contributed by atoms with E-state index in [0.717, 1.165) is 6.42 Å². The van der Waals surface area contributed by atoms with Gasteiger partial charge < -0.3 is 0 Å². The Morgan fingerprint density at radius 1 is 0.659 bits per heavy atom. The van der Waals surface area contributed by atoms with E-state index < -0.39 is 8.07 Å². The minimum absolute atomic E-state index is 0.203. The number of benzene rings is 4. The van der Waals surface area contributed by atoms with E-state index in [9.17, 15) is 0 Å². The molecule has 0 unspecified atom stereocenters. The molecule has 0 spiro atoms. The fourth-order valence-corrected chi connectivity index (χ4v) is 7.32. The average molecular weight is 672 g/mol. The molecule has 44 heavy (non-hydrogen) atoms. The van der Waals surface area contributed by atoms with Crippen LogP contribution in [0.5, 0.6) is 0 Å². The van der Waals surface area contributed by atoms with Crippen molar-refractivity contribution in [1.29, 1.82) is 0 Å². The van der Waals surface area contributed by atoms with Crippen LogP contribution in [0.15, 0.2) is 120 Å². The Morgan fingerprint density at radius 3 is 1.41 bits per heavy atom. The van der Waals surface area contributed by atoms with Crippen LogP contribution in [-0.4, -0.2) is 11.3 Å². The molecule has 5 aromatic carbocycles. The maximum absolute atomic E-state index is 3.20. The molecule has 0 radical (unpaired) electrons. The molecule has 0 saturated carbocycles. The van der Waals surface area contributed by atoms with Crippen LogP contribution < -0.4 is 0 Å². The van der Waals surface area contributed by atoms with Gasteiger partial charge in [-0.1, -0.05) is 96.6 Å². The second-order valence-electron chi connectivity index (χ2n) is 14.8. The summed E-state index contributed by atoms with van der Waals surface area (Å²) in [6.07, 6.45) is 8.69. The summed E-state index contributed by atoms with van der Waals surface area (Å²) in [4.78, 5) is 0. The van der Waals surface area contributed by atoms with Gasteiger partial charge in [0.05, 0.1) is 0 Å². The first-order valence-corrected chi connectivity index (χ1v) is 20.5. The van der Waals surface area contributed by atoms with Crippen LogP contribution in [0.1, 0.15) is 70.2 Å². The summed E-state index contributed by atoms with van der Waals surface area (Å²) in [5, 5.41) is 7.03. The third kappa shape index (κ3) is 8.89. The Hall–Kier alpha value is -2.80. The molecular formula is C42H48SiZr. The minimum atomic E-state index is -0.981. The molecule has 0 atom stereocenters. The topological polar surface area (TPSA) is 0 Å². The predicted molar refractivity (Wildman–Crippen MR) is 194 cm³/mol. The standard InChI is InChI=1S/C21H25.C13H10.C8H13Si.Zr/c1-20(2,3)16-7-9-18-14(12-16)11-15-13-17(21(4,5)6)8-10-19(15)18;1-3-7-12(8-4-1)11-13-9-5-2-6-10-13;1-9(2,3)8-6-4-5-7-8;/h7-13H,1-6H3;1-10H;6-7H,4H2,1-3H3;/q-1;;-1;+2. The van der Waals surface area contributed by atoms with Gasteiger partial charge in [-0.2, -0.15) is 6.08 Å². The van der Waals surface area contributed by atoms with E-state index in [1.165, 1.54) is 71.2 Å². The van der Waals surface area contributed by atoms with Crippen molar-refractivity contribution in [2.75, 3.05) is 0 Å². The van der Waals surface area contributed by atoms with Crippen molar-refractivity contribution >= 4 is 32.8 Å². The van der Waals surface area contributed by atoms with Crippen LogP contribution in [-0.2, 0) is 35.1 Å². The second kappa shape index (κ2) is 14.1.